The third-order valence-electron chi connectivity index (χ3n) is 2.08. The predicted molar refractivity (Wildman–Crippen MR) is 63.5 cm³/mol. The van der Waals surface area contributed by atoms with Gasteiger partial charge >= 0.3 is 0 Å². The molecule has 2 heteroatoms. The average molecular weight is 196 g/mol. The molecule has 0 aromatic carbocycles. The molecule has 82 valence electrons. The summed E-state index contributed by atoms with van der Waals surface area (Å²) >= 11 is 0. The molecule has 14 heavy (non-hydrogen) atoms. The first-order valence-electron chi connectivity index (χ1n) is 5.54. The minimum Gasteiger partial charge on any atom is -0.357 e. The number of hydrogen-bond donors (Lipinski definition) is 0. The van der Waals surface area contributed by atoms with Crippen LogP contribution < -0.4 is 0 Å². The molecular weight excluding hydrogens is 172 g/mol. The lowest BCUT2D eigenvalue weighted by atomic mass is 10.4. The van der Waals surface area contributed by atoms with Crippen LogP contribution in [0.4, 0.5) is 0 Å². The summed E-state index contributed by atoms with van der Waals surface area (Å²) in [5.74, 6) is 0. The molecule has 1 aliphatic rings. The quantitative estimate of drug-likeness (QED) is 0.619. The molecule has 0 amide bonds. The molecule has 0 unspecified atom stereocenters. The van der Waals surface area contributed by atoms with Gasteiger partial charge in [0.2, 0.25) is 0 Å². The Bertz CT molecular complexity index is 186. The van der Waals surface area contributed by atoms with Gasteiger partial charge in [-0.3, -0.25) is 0 Å². The molecule has 0 spiro atoms. The minimum absolute atomic E-state index is 1.32. The molecule has 0 atom stereocenters. The van der Waals surface area contributed by atoms with Crippen molar-refractivity contribution in [3.8, 4) is 0 Å². The molecule has 2 nitrogen and oxygen atoms in total. The third kappa shape index (κ3) is 6.72. The van der Waals surface area contributed by atoms with Crippen molar-refractivity contribution in [2.75, 3.05) is 20.1 Å². The van der Waals surface area contributed by atoms with Gasteiger partial charge in [0.25, 0.3) is 0 Å². The maximum Gasteiger partial charge on any atom is 0.0106 e. The standard InChI is InChI=1S/C5H11N.C5H7N.C2H6/c2*1-6-4-2-3-5-6;1-2/h2-5H2,1H3;2-5H,1H3;1-2H3. The van der Waals surface area contributed by atoms with E-state index in [1.165, 1.54) is 25.9 Å². The lowest BCUT2D eigenvalue weighted by Crippen LogP contribution is -2.10. The van der Waals surface area contributed by atoms with E-state index in [0.717, 1.165) is 0 Å². The zero-order chi connectivity index (χ0) is 10.8. The van der Waals surface area contributed by atoms with E-state index in [1.807, 2.05) is 50.0 Å². The van der Waals surface area contributed by atoms with Gasteiger partial charge in [-0.15, -0.1) is 0 Å². The summed E-state index contributed by atoms with van der Waals surface area (Å²) < 4.78 is 2.00. The van der Waals surface area contributed by atoms with E-state index < -0.39 is 0 Å². The topological polar surface area (TPSA) is 8.17 Å². The molecule has 1 saturated heterocycles. The first kappa shape index (κ1) is 13.2. The van der Waals surface area contributed by atoms with Gasteiger partial charge in [-0.25, -0.2) is 0 Å². The van der Waals surface area contributed by atoms with Gasteiger partial charge in [0.05, 0.1) is 0 Å². The zero-order valence-electron chi connectivity index (χ0n) is 10.0. The fraction of sp³-hybridized carbons (Fsp3) is 0.667. The highest BCUT2D eigenvalue weighted by Gasteiger charge is 2.03. The van der Waals surface area contributed by atoms with Crippen LogP contribution in [-0.2, 0) is 7.05 Å². The fourth-order valence-corrected chi connectivity index (χ4v) is 1.30. The molecule has 1 aromatic heterocycles. The SMILES string of the molecule is CC.CN1CCCC1.Cn1cccc1. The fourth-order valence-electron chi connectivity index (χ4n) is 1.30. The van der Waals surface area contributed by atoms with Gasteiger partial charge in [-0.1, -0.05) is 13.8 Å². The summed E-state index contributed by atoms with van der Waals surface area (Å²) in [6.07, 6.45) is 6.83. The van der Waals surface area contributed by atoms with E-state index in [-0.39, 0.29) is 0 Å². The lowest BCUT2D eigenvalue weighted by molar-refractivity contribution is 0.418. The number of rotatable bonds is 0. The normalized spacial score (nSPS) is 15.1. The van der Waals surface area contributed by atoms with Crippen LogP contribution in [0.15, 0.2) is 24.5 Å². The van der Waals surface area contributed by atoms with Crippen LogP contribution >= 0.6 is 0 Å². The zero-order valence-corrected chi connectivity index (χ0v) is 10.0. The van der Waals surface area contributed by atoms with Gasteiger partial charge in [-0.05, 0) is 45.1 Å². The van der Waals surface area contributed by atoms with Crippen molar-refractivity contribution in [3.63, 3.8) is 0 Å². The summed E-state index contributed by atoms with van der Waals surface area (Å²) in [6, 6.07) is 4.00. The molecule has 0 N–H and O–H groups in total. The van der Waals surface area contributed by atoms with Crippen LogP contribution in [-0.4, -0.2) is 29.6 Å². The van der Waals surface area contributed by atoms with Crippen LogP contribution in [0.3, 0.4) is 0 Å². The summed E-state index contributed by atoms with van der Waals surface area (Å²) in [7, 11) is 4.17. The molecular formula is C12H24N2. The second kappa shape index (κ2) is 8.82. The number of hydrogen-bond acceptors (Lipinski definition) is 1. The molecule has 0 bridgehead atoms. The van der Waals surface area contributed by atoms with Crippen LogP contribution in [0.1, 0.15) is 26.7 Å². The predicted octanol–water partition coefficient (Wildman–Crippen LogP) is 2.76. The summed E-state index contributed by atoms with van der Waals surface area (Å²) in [6.45, 7) is 6.64. The maximum absolute atomic E-state index is 2.36. The summed E-state index contributed by atoms with van der Waals surface area (Å²) in [4.78, 5) is 2.36. The molecule has 1 fully saturated rings. The summed E-state index contributed by atoms with van der Waals surface area (Å²) in [5, 5.41) is 0. The molecule has 1 aromatic rings. The Morgan fingerprint density at radius 3 is 1.43 bits per heavy atom. The second-order valence-electron chi connectivity index (χ2n) is 3.36. The molecule has 2 rings (SSSR count). The van der Waals surface area contributed by atoms with E-state index in [2.05, 4.69) is 11.9 Å². The second-order valence-corrected chi connectivity index (χ2v) is 3.36. The number of nitrogens with zero attached hydrogens (tertiary/aromatic N) is 2. The minimum atomic E-state index is 1.32. The number of likely N-dealkylation sites (tertiary alicyclic amines) is 1. The van der Waals surface area contributed by atoms with Crippen molar-refractivity contribution in [1.82, 2.24) is 9.47 Å². The van der Waals surface area contributed by atoms with E-state index in [0.29, 0.717) is 0 Å². The maximum atomic E-state index is 2.36. The van der Waals surface area contributed by atoms with Crippen molar-refractivity contribution in [2.24, 2.45) is 7.05 Å². The first-order valence-corrected chi connectivity index (χ1v) is 5.54. The molecule has 0 saturated carbocycles. The first-order chi connectivity index (χ1) is 6.79. The number of aryl methyl sites for hydroxylation is 1. The van der Waals surface area contributed by atoms with Gasteiger partial charge in [-0.2, -0.15) is 0 Å². The van der Waals surface area contributed by atoms with Gasteiger partial charge < -0.3 is 9.47 Å². The Morgan fingerprint density at radius 2 is 1.29 bits per heavy atom. The van der Waals surface area contributed by atoms with E-state index in [9.17, 15) is 0 Å². The van der Waals surface area contributed by atoms with Crippen LogP contribution in [0, 0.1) is 0 Å². The van der Waals surface area contributed by atoms with Crippen LogP contribution in [0.25, 0.3) is 0 Å². The van der Waals surface area contributed by atoms with Crippen molar-refractivity contribution < 1.29 is 0 Å². The van der Waals surface area contributed by atoms with Crippen LogP contribution in [0.5, 0.6) is 0 Å². The van der Waals surface area contributed by atoms with E-state index in [4.69, 9.17) is 0 Å². The molecule has 0 radical (unpaired) electrons. The third-order valence-corrected chi connectivity index (χ3v) is 2.08. The average Bonchev–Trinajstić information content (AvgIpc) is 2.83. The summed E-state index contributed by atoms with van der Waals surface area (Å²) in [5.41, 5.74) is 0. The van der Waals surface area contributed by atoms with Crippen molar-refractivity contribution in [3.05, 3.63) is 24.5 Å². The van der Waals surface area contributed by atoms with Crippen molar-refractivity contribution >= 4 is 0 Å². The van der Waals surface area contributed by atoms with Crippen LogP contribution in [0.2, 0.25) is 0 Å². The lowest BCUT2D eigenvalue weighted by Gasteiger charge is -2.01. The monoisotopic (exact) mass is 196 g/mol. The van der Waals surface area contributed by atoms with E-state index in [1.54, 1.807) is 0 Å². The Balaban J connectivity index is 0.000000206. The molecule has 1 aliphatic heterocycles. The van der Waals surface area contributed by atoms with Crippen molar-refractivity contribution in [1.29, 1.82) is 0 Å². The van der Waals surface area contributed by atoms with Gasteiger partial charge in [0, 0.05) is 19.4 Å². The largest absolute Gasteiger partial charge is 0.357 e. The van der Waals surface area contributed by atoms with Gasteiger partial charge in [0.15, 0.2) is 0 Å². The highest BCUT2D eigenvalue weighted by Crippen LogP contribution is 2.02. The highest BCUT2D eigenvalue weighted by atomic mass is 15.1. The molecule has 2 heterocycles. The molecule has 0 aliphatic carbocycles. The number of aromatic nitrogens is 1. The Labute approximate surface area is 88.5 Å². The van der Waals surface area contributed by atoms with E-state index >= 15 is 0 Å². The highest BCUT2D eigenvalue weighted by molar-refractivity contribution is 4.88. The van der Waals surface area contributed by atoms with Crippen molar-refractivity contribution in [2.45, 2.75) is 26.7 Å². The Morgan fingerprint density at radius 1 is 0.857 bits per heavy atom. The Kier molecular flexibility index (Phi) is 8.34. The Hall–Kier alpha value is -0.760. The smallest absolute Gasteiger partial charge is 0.0106 e. The van der Waals surface area contributed by atoms with Gasteiger partial charge in [0.1, 0.15) is 0 Å².